The molecule has 0 atom stereocenters. The van der Waals surface area contributed by atoms with E-state index in [1.54, 1.807) is 32.6 Å². The summed E-state index contributed by atoms with van der Waals surface area (Å²) in [6.07, 6.45) is 4.36. The van der Waals surface area contributed by atoms with Crippen molar-refractivity contribution in [2.45, 2.75) is 32.6 Å². The van der Waals surface area contributed by atoms with E-state index < -0.39 is 0 Å². The van der Waals surface area contributed by atoms with Crippen LogP contribution in [0.5, 0.6) is 0 Å². The Morgan fingerprint density at radius 3 is 2.57 bits per heavy atom. The van der Waals surface area contributed by atoms with Crippen LogP contribution in [-0.2, 0) is 16.6 Å². The number of carbonyl (C=O) groups is 2. The molecule has 182 valence electrons. The number of aromatic nitrogens is 2. The van der Waals surface area contributed by atoms with Gasteiger partial charge in [0.1, 0.15) is 10.0 Å². The first kappa shape index (κ1) is 25.2. The number of thioether (sulfide) groups is 1. The van der Waals surface area contributed by atoms with E-state index in [9.17, 15) is 14.4 Å². The van der Waals surface area contributed by atoms with Gasteiger partial charge in [-0.3, -0.25) is 24.0 Å². The smallest absolute Gasteiger partial charge is 0.295 e. The predicted octanol–water partition coefficient (Wildman–Crippen LogP) is 4.95. The third-order valence-corrected chi connectivity index (χ3v) is 7.99. The number of benzene rings is 1. The highest BCUT2D eigenvalue weighted by Crippen LogP contribution is 2.33. The monoisotopic (exact) mass is 526 g/mol. The molecular formula is C25H26N4O3S3. The Bertz CT molecular complexity index is 1320. The molecular weight excluding hydrogens is 501 g/mol. The average molecular weight is 527 g/mol. The Labute approximate surface area is 217 Å². The molecule has 4 rings (SSSR count). The molecule has 1 aromatic carbocycles. The van der Waals surface area contributed by atoms with Crippen molar-refractivity contribution in [2.75, 3.05) is 11.9 Å². The molecule has 3 aromatic rings. The van der Waals surface area contributed by atoms with Crippen LogP contribution in [0.4, 0.5) is 5.69 Å². The average Bonchev–Trinajstić information content (AvgIpc) is 3.50. The Morgan fingerprint density at radius 1 is 1.09 bits per heavy atom. The molecule has 7 nitrogen and oxygen atoms in total. The SMILES string of the molecule is Cc1c(NC(=O)CCCCCN2C(=O)C(=Cc3cccs3)SC2=S)c(=O)n(-c2ccccc2)n1C. The van der Waals surface area contributed by atoms with Gasteiger partial charge in [0.15, 0.2) is 0 Å². The van der Waals surface area contributed by atoms with Gasteiger partial charge >= 0.3 is 0 Å². The van der Waals surface area contributed by atoms with Crippen molar-refractivity contribution in [3.05, 3.63) is 73.7 Å². The Hall–Kier alpha value is -2.95. The molecule has 0 saturated carbocycles. The lowest BCUT2D eigenvalue weighted by molar-refractivity contribution is -0.122. The number of thiocarbonyl (C=S) groups is 1. The van der Waals surface area contributed by atoms with Crippen LogP contribution in [0.15, 0.2) is 57.5 Å². The molecule has 2 aromatic heterocycles. The van der Waals surface area contributed by atoms with E-state index >= 15 is 0 Å². The van der Waals surface area contributed by atoms with Gasteiger partial charge in [-0.05, 0) is 49.4 Å². The second kappa shape index (κ2) is 11.2. The fourth-order valence-corrected chi connectivity index (χ4v) is 5.87. The molecule has 0 radical (unpaired) electrons. The number of carbonyl (C=O) groups excluding carboxylic acids is 2. The van der Waals surface area contributed by atoms with Gasteiger partial charge in [0.25, 0.3) is 11.5 Å². The molecule has 10 heteroatoms. The summed E-state index contributed by atoms with van der Waals surface area (Å²) in [5.41, 5.74) is 1.48. The van der Waals surface area contributed by atoms with Crippen LogP contribution in [0.3, 0.4) is 0 Å². The summed E-state index contributed by atoms with van der Waals surface area (Å²) >= 11 is 8.30. The van der Waals surface area contributed by atoms with Gasteiger partial charge < -0.3 is 5.32 Å². The van der Waals surface area contributed by atoms with Crippen LogP contribution in [0.2, 0.25) is 0 Å². The number of nitrogens with one attached hydrogen (secondary N) is 1. The van der Waals surface area contributed by atoms with Crippen LogP contribution in [-0.4, -0.2) is 36.9 Å². The quantitative estimate of drug-likeness (QED) is 0.243. The van der Waals surface area contributed by atoms with Crippen LogP contribution in [0.25, 0.3) is 11.8 Å². The fourth-order valence-electron chi connectivity index (χ4n) is 3.84. The molecule has 0 bridgehead atoms. The zero-order chi connectivity index (χ0) is 24.9. The van der Waals surface area contributed by atoms with Crippen molar-refractivity contribution in [2.24, 2.45) is 7.05 Å². The van der Waals surface area contributed by atoms with Gasteiger partial charge in [-0.2, -0.15) is 0 Å². The van der Waals surface area contributed by atoms with Gasteiger partial charge in [0.05, 0.1) is 16.3 Å². The highest BCUT2D eigenvalue weighted by Gasteiger charge is 2.31. The molecule has 1 aliphatic heterocycles. The van der Waals surface area contributed by atoms with E-state index in [0.29, 0.717) is 40.0 Å². The Morgan fingerprint density at radius 2 is 1.86 bits per heavy atom. The topological polar surface area (TPSA) is 76.3 Å². The second-order valence-corrected chi connectivity index (χ2v) is 10.8. The first-order valence-electron chi connectivity index (χ1n) is 11.3. The van der Waals surface area contributed by atoms with Crippen molar-refractivity contribution < 1.29 is 9.59 Å². The minimum atomic E-state index is -0.255. The summed E-state index contributed by atoms with van der Waals surface area (Å²) in [6.45, 7) is 2.35. The van der Waals surface area contributed by atoms with E-state index in [1.165, 1.54) is 11.8 Å². The van der Waals surface area contributed by atoms with Gasteiger partial charge in [-0.15, -0.1) is 11.3 Å². The third kappa shape index (κ3) is 5.66. The second-order valence-electron chi connectivity index (χ2n) is 8.14. The number of thiophene rings is 1. The van der Waals surface area contributed by atoms with Crippen molar-refractivity contribution >= 4 is 63.2 Å². The standard InChI is InChI=1S/C25H26N4O3S3/c1-17-22(24(32)29(27(17)2)18-10-5-3-6-11-18)26-21(30)13-7-4-8-14-28-23(31)20(35-25(28)33)16-19-12-9-15-34-19/h3,5-6,9-12,15-16H,4,7-8,13-14H2,1-2H3,(H,26,30). The highest BCUT2D eigenvalue weighted by molar-refractivity contribution is 8.26. The minimum Gasteiger partial charge on any atom is -0.320 e. The molecule has 1 N–H and O–H groups in total. The van der Waals surface area contributed by atoms with E-state index in [4.69, 9.17) is 12.2 Å². The minimum absolute atomic E-state index is 0.0552. The number of anilines is 1. The van der Waals surface area contributed by atoms with Crippen LogP contribution in [0.1, 0.15) is 36.3 Å². The number of rotatable bonds is 9. The molecule has 2 amide bonds. The van der Waals surface area contributed by atoms with Crippen LogP contribution in [0, 0.1) is 6.92 Å². The van der Waals surface area contributed by atoms with Gasteiger partial charge in [-0.25, -0.2) is 4.68 Å². The summed E-state index contributed by atoms with van der Waals surface area (Å²) in [5.74, 6) is -0.249. The number of para-hydroxylation sites is 1. The fraction of sp³-hybridized carbons (Fsp3) is 0.280. The van der Waals surface area contributed by atoms with E-state index in [1.807, 2.05) is 60.8 Å². The van der Waals surface area contributed by atoms with Gasteiger partial charge in [-0.1, -0.05) is 54.7 Å². The maximum Gasteiger partial charge on any atom is 0.295 e. The number of nitrogens with zero attached hydrogens (tertiary/aromatic N) is 3. The maximum atomic E-state index is 12.9. The Balaban J connectivity index is 1.26. The number of hydrogen-bond acceptors (Lipinski definition) is 6. The lowest BCUT2D eigenvalue weighted by atomic mass is 10.1. The number of hydrogen-bond donors (Lipinski definition) is 1. The molecule has 1 fully saturated rings. The third-order valence-electron chi connectivity index (χ3n) is 5.79. The molecule has 3 heterocycles. The normalized spacial score (nSPS) is 14.8. The largest absolute Gasteiger partial charge is 0.320 e. The van der Waals surface area contributed by atoms with Crippen LogP contribution < -0.4 is 10.9 Å². The summed E-state index contributed by atoms with van der Waals surface area (Å²) < 4.78 is 3.85. The zero-order valence-electron chi connectivity index (χ0n) is 19.5. The Kier molecular flexibility index (Phi) is 8.04. The molecule has 0 aliphatic carbocycles. The first-order chi connectivity index (χ1) is 16.9. The van der Waals surface area contributed by atoms with Gasteiger partial charge in [0, 0.05) is 24.9 Å². The zero-order valence-corrected chi connectivity index (χ0v) is 22.0. The van der Waals surface area contributed by atoms with Crippen molar-refractivity contribution in [1.29, 1.82) is 0 Å². The predicted molar refractivity (Wildman–Crippen MR) is 147 cm³/mol. The summed E-state index contributed by atoms with van der Waals surface area (Å²) in [5, 5.41) is 4.77. The number of amides is 2. The molecule has 1 aliphatic rings. The maximum absolute atomic E-state index is 12.9. The first-order valence-corrected chi connectivity index (χ1v) is 13.4. The lowest BCUT2D eigenvalue weighted by Gasteiger charge is -2.14. The molecule has 1 saturated heterocycles. The highest BCUT2D eigenvalue weighted by atomic mass is 32.2. The molecule has 35 heavy (non-hydrogen) atoms. The number of unbranched alkanes of at least 4 members (excludes halogenated alkanes) is 2. The van der Waals surface area contributed by atoms with Crippen molar-refractivity contribution in [1.82, 2.24) is 14.3 Å². The summed E-state index contributed by atoms with van der Waals surface area (Å²) in [6, 6.07) is 13.2. The van der Waals surface area contributed by atoms with Crippen molar-refractivity contribution in [3.8, 4) is 5.69 Å². The van der Waals surface area contributed by atoms with E-state index in [2.05, 4.69) is 5.32 Å². The van der Waals surface area contributed by atoms with E-state index in [0.717, 1.165) is 23.4 Å². The van der Waals surface area contributed by atoms with Crippen LogP contribution >= 0.6 is 35.3 Å². The van der Waals surface area contributed by atoms with E-state index in [-0.39, 0.29) is 17.4 Å². The van der Waals surface area contributed by atoms with Crippen molar-refractivity contribution in [3.63, 3.8) is 0 Å². The summed E-state index contributed by atoms with van der Waals surface area (Å²) in [4.78, 5) is 41.4. The molecule has 0 unspecified atom stereocenters. The summed E-state index contributed by atoms with van der Waals surface area (Å²) in [7, 11) is 1.79. The van der Waals surface area contributed by atoms with Gasteiger partial charge in [0.2, 0.25) is 5.91 Å². The molecule has 0 spiro atoms. The lowest BCUT2D eigenvalue weighted by Crippen LogP contribution is -2.29.